The minimum absolute atomic E-state index is 0.154. The number of nitrogens with one attached hydrogen (secondary N) is 2. The van der Waals surface area contributed by atoms with Gasteiger partial charge < -0.3 is 15.2 Å². The third-order valence-electron chi connectivity index (χ3n) is 6.30. The summed E-state index contributed by atoms with van der Waals surface area (Å²) >= 11 is 1.64. The van der Waals surface area contributed by atoms with Gasteiger partial charge in [-0.3, -0.25) is 9.59 Å². The number of pyridine rings is 1. The molecule has 2 aromatic heterocycles. The molecule has 3 aromatic rings. The van der Waals surface area contributed by atoms with Crippen molar-refractivity contribution < 1.29 is 4.79 Å². The first-order valence-electron chi connectivity index (χ1n) is 9.81. The Morgan fingerprint density at radius 1 is 1.21 bits per heavy atom. The molecule has 1 amide bonds. The molecule has 5 nitrogen and oxygen atoms in total. The van der Waals surface area contributed by atoms with Crippen molar-refractivity contribution in [2.24, 2.45) is 5.41 Å². The van der Waals surface area contributed by atoms with Crippen molar-refractivity contribution in [2.45, 2.75) is 31.8 Å². The quantitative estimate of drug-likeness (QED) is 0.714. The van der Waals surface area contributed by atoms with E-state index in [1.54, 1.807) is 17.4 Å². The molecule has 6 heteroatoms. The number of H-pyrrole nitrogens is 1. The van der Waals surface area contributed by atoms with Crippen molar-refractivity contribution in [3.8, 4) is 0 Å². The van der Waals surface area contributed by atoms with E-state index in [1.165, 1.54) is 0 Å². The maximum absolute atomic E-state index is 13.5. The summed E-state index contributed by atoms with van der Waals surface area (Å²) in [5.41, 5.74) is 2.05. The summed E-state index contributed by atoms with van der Waals surface area (Å²) in [5, 5.41) is 8.42. The highest BCUT2D eigenvalue weighted by Crippen LogP contribution is 2.56. The van der Waals surface area contributed by atoms with E-state index in [1.807, 2.05) is 34.5 Å². The van der Waals surface area contributed by atoms with E-state index in [0.29, 0.717) is 6.54 Å². The molecule has 1 spiro atoms. The van der Waals surface area contributed by atoms with Gasteiger partial charge in [0.05, 0.1) is 0 Å². The molecule has 1 saturated carbocycles. The Morgan fingerprint density at radius 2 is 2.04 bits per heavy atom. The van der Waals surface area contributed by atoms with E-state index in [0.717, 1.165) is 48.8 Å². The highest BCUT2D eigenvalue weighted by molar-refractivity contribution is 7.07. The Labute approximate surface area is 167 Å². The van der Waals surface area contributed by atoms with Crippen LogP contribution in [0.3, 0.4) is 0 Å². The fourth-order valence-electron chi connectivity index (χ4n) is 4.59. The number of aromatic amines is 1. The van der Waals surface area contributed by atoms with E-state index in [2.05, 4.69) is 21.7 Å². The van der Waals surface area contributed by atoms with E-state index in [4.69, 9.17) is 0 Å². The summed E-state index contributed by atoms with van der Waals surface area (Å²) in [6, 6.07) is 11.6. The number of hydrogen-bond acceptors (Lipinski definition) is 4. The summed E-state index contributed by atoms with van der Waals surface area (Å²) in [5.74, 6) is -0.154. The van der Waals surface area contributed by atoms with Crippen LogP contribution in [-0.2, 0) is 6.54 Å². The highest BCUT2D eigenvalue weighted by Gasteiger charge is 2.57. The van der Waals surface area contributed by atoms with Crippen molar-refractivity contribution in [3.05, 3.63) is 68.6 Å². The first-order valence-corrected chi connectivity index (χ1v) is 10.8. The zero-order valence-corrected chi connectivity index (χ0v) is 16.4. The van der Waals surface area contributed by atoms with Crippen LogP contribution in [0.4, 0.5) is 0 Å². The Balaban J connectivity index is 1.51. The van der Waals surface area contributed by atoms with Gasteiger partial charge in [0.25, 0.3) is 11.5 Å². The molecule has 1 saturated heterocycles. The Bertz CT molecular complexity index is 1070. The van der Waals surface area contributed by atoms with Crippen molar-refractivity contribution in [1.29, 1.82) is 0 Å². The molecule has 1 atom stereocenters. The Kier molecular flexibility index (Phi) is 4.33. The van der Waals surface area contributed by atoms with Crippen molar-refractivity contribution in [2.75, 3.05) is 13.1 Å². The average molecular weight is 394 g/mol. The summed E-state index contributed by atoms with van der Waals surface area (Å²) in [6.45, 7) is 2.58. The second-order valence-electron chi connectivity index (χ2n) is 8.00. The normalized spacial score (nSPS) is 20.4. The maximum atomic E-state index is 13.5. The number of amides is 1. The zero-order valence-electron chi connectivity index (χ0n) is 15.6. The topological polar surface area (TPSA) is 65.2 Å². The number of benzene rings is 1. The third-order valence-corrected chi connectivity index (χ3v) is 7.03. The molecule has 2 fully saturated rings. The molecule has 3 heterocycles. The number of carbonyl (C=O) groups is 1. The fraction of sp³-hybridized carbons (Fsp3) is 0.364. The first-order chi connectivity index (χ1) is 13.7. The average Bonchev–Trinajstić information content (AvgIpc) is 3.14. The van der Waals surface area contributed by atoms with Crippen LogP contribution in [0, 0.1) is 5.41 Å². The van der Waals surface area contributed by atoms with Crippen LogP contribution in [-0.4, -0.2) is 34.9 Å². The first kappa shape index (κ1) is 17.6. The number of piperidine rings is 1. The molecular weight excluding hydrogens is 370 g/mol. The lowest BCUT2D eigenvalue weighted by molar-refractivity contribution is 0.0691. The van der Waals surface area contributed by atoms with Crippen molar-refractivity contribution >= 4 is 28.1 Å². The van der Waals surface area contributed by atoms with Gasteiger partial charge in [-0.2, -0.15) is 11.3 Å². The van der Waals surface area contributed by atoms with Gasteiger partial charge in [0, 0.05) is 18.1 Å². The van der Waals surface area contributed by atoms with E-state index in [9.17, 15) is 9.59 Å². The van der Waals surface area contributed by atoms with Crippen molar-refractivity contribution in [3.63, 3.8) is 0 Å². The highest BCUT2D eigenvalue weighted by atomic mass is 32.1. The van der Waals surface area contributed by atoms with Crippen molar-refractivity contribution in [1.82, 2.24) is 15.2 Å². The largest absolute Gasteiger partial charge is 0.331 e. The molecule has 0 radical (unpaired) electrons. The molecule has 2 aliphatic rings. The summed E-state index contributed by atoms with van der Waals surface area (Å²) in [6.07, 6.45) is 3.23. The number of fused-ring (bicyclic) bond motifs is 1. The van der Waals surface area contributed by atoms with Gasteiger partial charge in [0.1, 0.15) is 5.56 Å². The molecular formula is C22H23N3O2S. The molecule has 1 aliphatic carbocycles. The van der Waals surface area contributed by atoms with Crippen LogP contribution >= 0.6 is 11.3 Å². The summed E-state index contributed by atoms with van der Waals surface area (Å²) < 4.78 is 0. The predicted molar refractivity (Wildman–Crippen MR) is 112 cm³/mol. The number of nitrogens with zero attached hydrogens (tertiary/aromatic N) is 1. The van der Waals surface area contributed by atoms with Crippen LogP contribution in [0.2, 0.25) is 0 Å². The second kappa shape index (κ2) is 6.87. The monoisotopic (exact) mass is 393 g/mol. The molecule has 1 aromatic carbocycles. The van der Waals surface area contributed by atoms with Gasteiger partial charge in [0.15, 0.2) is 0 Å². The van der Waals surface area contributed by atoms with Crippen LogP contribution in [0.5, 0.6) is 0 Å². The molecule has 2 N–H and O–H groups in total. The van der Waals surface area contributed by atoms with E-state index < -0.39 is 0 Å². The molecule has 144 valence electrons. The lowest BCUT2D eigenvalue weighted by Crippen LogP contribution is -2.40. The van der Waals surface area contributed by atoms with Crippen LogP contribution in [0.15, 0.2) is 52.0 Å². The van der Waals surface area contributed by atoms with Gasteiger partial charge in [-0.15, -0.1) is 0 Å². The number of carbonyl (C=O) groups excluding carboxylic acids is 1. The van der Waals surface area contributed by atoms with Gasteiger partial charge in [0.2, 0.25) is 0 Å². The second-order valence-corrected chi connectivity index (χ2v) is 8.78. The third kappa shape index (κ3) is 3.06. The Hall–Kier alpha value is -2.44. The van der Waals surface area contributed by atoms with Crippen LogP contribution in [0.25, 0.3) is 10.9 Å². The molecule has 28 heavy (non-hydrogen) atoms. The van der Waals surface area contributed by atoms with Crippen LogP contribution < -0.4 is 10.9 Å². The van der Waals surface area contributed by atoms with Gasteiger partial charge in [-0.05, 0) is 77.7 Å². The molecule has 5 rings (SSSR count). The van der Waals surface area contributed by atoms with E-state index in [-0.39, 0.29) is 28.5 Å². The molecule has 0 bridgehead atoms. The minimum atomic E-state index is -0.306. The number of hydrogen-bond donors (Lipinski definition) is 2. The molecule has 1 aliphatic heterocycles. The standard InChI is InChI=1S/C22H23N3O2S/c26-20-17(11-16-3-1-2-4-18(16)24-20)21(27)25(13-15-5-10-28-14-15)19-12-22(19)6-8-23-9-7-22/h1-5,10-11,14,19,23H,6-9,12-13H2,(H,24,26). The maximum Gasteiger partial charge on any atom is 0.261 e. The molecule has 1 unspecified atom stereocenters. The van der Waals surface area contributed by atoms with Gasteiger partial charge >= 0.3 is 0 Å². The summed E-state index contributed by atoms with van der Waals surface area (Å²) in [4.78, 5) is 31.0. The SMILES string of the molecule is O=C(c1cc2ccccc2[nH]c1=O)N(Cc1ccsc1)C1CC12CCNCC2. The van der Waals surface area contributed by atoms with Gasteiger partial charge in [-0.1, -0.05) is 18.2 Å². The summed E-state index contributed by atoms with van der Waals surface area (Å²) in [7, 11) is 0. The smallest absolute Gasteiger partial charge is 0.261 e. The lowest BCUT2D eigenvalue weighted by atomic mass is 9.93. The Morgan fingerprint density at radius 3 is 2.82 bits per heavy atom. The van der Waals surface area contributed by atoms with Crippen LogP contribution in [0.1, 0.15) is 35.2 Å². The van der Waals surface area contributed by atoms with Gasteiger partial charge in [-0.25, -0.2) is 0 Å². The fourth-order valence-corrected chi connectivity index (χ4v) is 5.25. The lowest BCUT2D eigenvalue weighted by Gasteiger charge is -2.29. The number of aromatic nitrogens is 1. The number of thiophene rings is 1. The minimum Gasteiger partial charge on any atom is -0.331 e. The number of para-hydroxylation sites is 1. The zero-order chi connectivity index (χ0) is 19.1. The van der Waals surface area contributed by atoms with E-state index >= 15 is 0 Å². The predicted octanol–water partition coefficient (Wildman–Crippen LogP) is 3.37. The number of rotatable bonds is 4.